The van der Waals surface area contributed by atoms with Crippen LogP contribution in [0.15, 0.2) is 4.79 Å². The Kier molecular flexibility index (Phi) is 5.76. The quantitative estimate of drug-likeness (QED) is 0.568. The van der Waals surface area contributed by atoms with E-state index in [1.807, 2.05) is 13.8 Å². The predicted octanol–water partition coefficient (Wildman–Crippen LogP) is 5.10. The second-order valence-electron chi connectivity index (χ2n) is 5.64. The van der Waals surface area contributed by atoms with E-state index >= 15 is 0 Å². The van der Waals surface area contributed by atoms with Crippen molar-refractivity contribution in [2.75, 3.05) is 0 Å². The van der Waals surface area contributed by atoms with Gasteiger partial charge < -0.3 is 4.98 Å². The summed E-state index contributed by atoms with van der Waals surface area (Å²) in [5.41, 5.74) is 1.16. The fourth-order valence-electron chi connectivity index (χ4n) is 2.62. The molecule has 21 heavy (non-hydrogen) atoms. The summed E-state index contributed by atoms with van der Waals surface area (Å²) in [5.74, 6) is 0. The molecule has 0 bridgehead atoms. The van der Waals surface area contributed by atoms with E-state index in [9.17, 15) is 4.79 Å². The van der Waals surface area contributed by atoms with Crippen LogP contribution in [0.25, 0.3) is 10.2 Å². The normalized spacial score (nSPS) is 11.4. The lowest BCUT2D eigenvalue weighted by atomic mass is 10.1. The summed E-state index contributed by atoms with van der Waals surface area (Å²) < 4.78 is 2.29. The van der Waals surface area contributed by atoms with Crippen LogP contribution in [0.2, 0.25) is 0 Å². The van der Waals surface area contributed by atoms with Crippen molar-refractivity contribution in [2.24, 2.45) is 0 Å². The number of aromatic amines is 1. The van der Waals surface area contributed by atoms with Crippen LogP contribution >= 0.6 is 23.6 Å². The third-order valence-electron chi connectivity index (χ3n) is 4.05. The second-order valence-corrected chi connectivity index (χ2v) is 7.25. The van der Waals surface area contributed by atoms with Crippen molar-refractivity contribution in [3.05, 3.63) is 25.6 Å². The third-order valence-corrected chi connectivity index (χ3v) is 5.49. The van der Waals surface area contributed by atoms with Gasteiger partial charge in [-0.05, 0) is 38.0 Å². The number of H-pyrrole nitrogens is 1. The van der Waals surface area contributed by atoms with Crippen molar-refractivity contribution in [1.82, 2.24) is 9.55 Å². The van der Waals surface area contributed by atoms with Gasteiger partial charge in [-0.3, -0.25) is 9.36 Å². The topological polar surface area (TPSA) is 37.8 Å². The van der Waals surface area contributed by atoms with Crippen LogP contribution in [-0.2, 0) is 6.54 Å². The lowest BCUT2D eigenvalue weighted by Crippen LogP contribution is -2.22. The molecule has 1 N–H and O–H groups in total. The molecule has 0 aliphatic rings. The van der Waals surface area contributed by atoms with Gasteiger partial charge in [-0.2, -0.15) is 0 Å². The standard InChI is InChI=1S/C16H24N2OS2/c1-4-5-6-7-8-9-10-18-15(19)13-11(2)12(3)21-14(13)17-16(18)20/h4-10H2,1-3H3,(H,17,20). The summed E-state index contributed by atoms with van der Waals surface area (Å²) in [5, 5.41) is 0.817. The third kappa shape index (κ3) is 3.64. The van der Waals surface area contributed by atoms with Crippen LogP contribution in [0.4, 0.5) is 0 Å². The first kappa shape index (κ1) is 16.4. The molecule has 0 aliphatic heterocycles. The number of thiophene rings is 1. The van der Waals surface area contributed by atoms with E-state index in [1.54, 1.807) is 15.9 Å². The lowest BCUT2D eigenvalue weighted by Gasteiger charge is -2.06. The molecular formula is C16H24N2OS2. The maximum absolute atomic E-state index is 12.6. The molecule has 0 spiro atoms. The molecule has 0 atom stereocenters. The zero-order valence-corrected chi connectivity index (χ0v) is 14.8. The molecule has 2 aromatic heterocycles. The highest BCUT2D eigenvalue weighted by Crippen LogP contribution is 2.25. The van der Waals surface area contributed by atoms with Gasteiger partial charge in [0.2, 0.25) is 0 Å². The molecule has 0 fully saturated rings. The van der Waals surface area contributed by atoms with Crippen LogP contribution < -0.4 is 5.56 Å². The molecule has 2 aromatic rings. The van der Waals surface area contributed by atoms with Crippen molar-refractivity contribution in [2.45, 2.75) is 65.8 Å². The Morgan fingerprint density at radius 1 is 1.14 bits per heavy atom. The first-order valence-corrected chi connectivity index (χ1v) is 9.01. The van der Waals surface area contributed by atoms with E-state index in [-0.39, 0.29) is 5.56 Å². The number of hydrogen-bond acceptors (Lipinski definition) is 3. The van der Waals surface area contributed by atoms with E-state index in [0.29, 0.717) is 4.77 Å². The molecule has 0 saturated carbocycles. The van der Waals surface area contributed by atoms with Gasteiger partial charge in [-0.1, -0.05) is 39.0 Å². The summed E-state index contributed by atoms with van der Waals surface area (Å²) in [6, 6.07) is 0. The maximum Gasteiger partial charge on any atom is 0.263 e. The predicted molar refractivity (Wildman–Crippen MR) is 94.1 cm³/mol. The van der Waals surface area contributed by atoms with Gasteiger partial charge in [-0.25, -0.2) is 0 Å². The Balaban J connectivity index is 2.15. The van der Waals surface area contributed by atoms with Gasteiger partial charge >= 0.3 is 0 Å². The minimum atomic E-state index is 0.0733. The number of aromatic nitrogens is 2. The van der Waals surface area contributed by atoms with E-state index in [4.69, 9.17) is 12.2 Å². The van der Waals surface area contributed by atoms with Gasteiger partial charge in [-0.15, -0.1) is 11.3 Å². The Hall–Kier alpha value is -0.940. The van der Waals surface area contributed by atoms with E-state index in [1.165, 1.54) is 37.0 Å². The first-order valence-electron chi connectivity index (χ1n) is 7.79. The van der Waals surface area contributed by atoms with Crippen molar-refractivity contribution < 1.29 is 0 Å². The minimum Gasteiger partial charge on any atom is -0.323 e. The number of hydrogen-bond donors (Lipinski definition) is 1. The van der Waals surface area contributed by atoms with Crippen LogP contribution in [-0.4, -0.2) is 9.55 Å². The van der Waals surface area contributed by atoms with E-state index in [0.717, 1.165) is 28.7 Å². The van der Waals surface area contributed by atoms with Crippen LogP contribution in [0.1, 0.15) is 55.9 Å². The first-order chi connectivity index (χ1) is 10.1. The molecular weight excluding hydrogens is 300 g/mol. The second kappa shape index (κ2) is 7.36. The summed E-state index contributed by atoms with van der Waals surface area (Å²) >= 11 is 6.97. The fraction of sp³-hybridized carbons (Fsp3) is 0.625. The van der Waals surface area contributed by atoms with Gasteiger partial charge in [0.15, 0.2) is 4.77 Å². The van der Waals surface area contributed by atoms with Crippen molar-refractivity contribution in [3.8, 4) is 0 Å². The van der Waals surface area contributed by atoms with Crippen LogP contribution in [0.3, 0.4) is 0 Å². The number of unbranched alkanes of at least 4 members (excludes halogenated alkanes) is 5. The largest absolute Gasteiger partial charge is 0.323 e. The summed E-state index contributed by atoms with van der Waals surface area (Å²) in [6.45, 7) is 7.01. The van der Waals surface area contributed by atoms with Crippen LogP contribution in [0.5, 0.6) is 0 Å². The molecule has 5 heteroatoms. The molecule has 2 rings (SSSR count). The SMILES string of the molecule is CCCCCCCCn1c(=S)[nH]c2sc(C)c(C)c2c1=O. The highest BCUT2D eigenvalue weighted by atomic mass is 32.1. The Bertz CT molecular complexity index is 724. The average Bonchev–Trinajstić information content (AvgIpc) is 2.72. The Morgan fingerprint density at radius 3 is 2.52 bits per heavy atom. The molecule has 0 aromatic carbocycles. The summed E-state index contributed by atoms with van der Waals surface area (Å²) in [7, 11) is 0. The molecule has 3 nitrogen and oxygen atoms in total. The zero-order valence-electron chi connectivity index (χ0n) is 13.1. The molecule has 0 amide bonds. The average molecular weight is 325 g/mol. The van der Waals surface area contributed by atoms with Gasteiger partial charge in [0.25, 0.3) is 5.56 Å². The lowest BCUT2D eigenvalue weighted by molar-refractivity contribution is 0.544. The van der Waals surface area contributed by atoms with Gasteiger partial charge in [0, 0.05) is 11.4 Å². The van der Waals surface area contributed by atoms with E-state index < -0.39 is 0 Å². The Morgan fingerprint density at radius 2 is 1.81 bits per heavy atom. The number of nitrogens with zero attached hydrogens (tertiary/aromatic N) is 1. The van der Waals surface area contributed by atoms with Crippen molar-refractivity contribution in [3.63, 3.8) is 0 Å². The molecule has 0 saturated heterocycles. The van der Waals surface area contributed by atoms with Crippen molar-refractivity contribution in [1.29, 1.82) is 0 Å². The summed E-state index contributed by atoms with van der Waals surface area (Å²) in [4.78, 5) is 18.0. The van der Waals surface area contributed by atoms with E-state index in [2.05, 4.69) is 11.9 Å². The molecule has 0 radical (unpaired) electrons. The number of rotatable bonds is 7. The highest BCUT2D eigenvalue weighted by molar-refractivity contribution is 7.71. The number of nitrogens with one attached hydrogen (secondary N) is 1. The minimum absolute atomic E-state index is 0.0733. The molecule has 0 unspecified atom stereocenters. The molecule has 116 valence electrons. The number of aryl methyl sites for hydroxylation is 2. The molecule has 0 aliphatic carbocycles. The Labute approximate surface area is 135 Å². The maximum atomic E-state index is 12.6. The highest BCUT2D eigenvalue weighted by Gasteiger charge is 2.12. The molecule has 2 heterocycles. The van der Waals surface area contributed by atoms with Crippen molar-refractivity contribution >= 4 is 33.8 Å². The summed E-state index contributed by atoms with van der Waals surface area (Å²) in [6.07, 6.45) is 7.30. The van der Waals surface area contributed by atoms with Gasteiger partial charge in [0.1, 0.15) is 4.83 Å². The van der Waals surface area contributed by atoms with Crippen LogP contribution in [0, 0.1) is 18.6 Å². The monoisotopic (exact) mass is 324 g/mol. The van der Waals surface area contributed by atoms with Gasteiger partial charge in [0.05, 0.1) is 5.39 Å². The smallest absolute Gasteiger partial charge is 0.263 e. The fourth-order valence-corrected chi connectivity index (χ4v) is 4.01. The number of fused-ring (bicyclic) bond motifs is 1. The zero-order chi connectivity index (χ0) is 15.4.